The van der Waals surface area contributed by atoms with Crippen LogP contribution in [-0.2, 0) is 21.4 Å². The first kappa shape index (κ1) is 28.1. The number of allylic oxidation sites excluding steroid dienone is 1. The lowest BCUT2D eigenvalue weighted by molar-refractivity contribution is -0.128. The third-order valence-corrected chi connectivity index (χ3v) is 9.30. The van der Waals surface area contributed by atoms with Gasteiger partial charge in [0.05, 0.1) is 12.0 Å². The zero-order valence-corrected chi connectivity index (χ0v) is 25.6. The molecule has 0 bridgehead atoms. The highest BCUT2D eigenvalue weighted by atomic mass is 16.2. The van der Waals surface area contributed by atoms with E-state index in [-0.39, 0.29) is 17.5 Å². The highest BCUT2D eigenvalue weighted by Crippen LogP contribution is 2.59. The van der Waals surface area contributed by atoms with E-state index in [9.17, 15) is 14.4 Å². The summed E-state index contributed by atoms with van der Waals surface area (Å²) in [6, 6.07) is 20.3. The molecule has 1 N–H and O–H groups in total. The van der Waals surface area contributed by atoms with E-state index in [1.54, 1.807) is 0 Å². The topological polar surface area (TPSA) is 66.5 Å². The summed E-state index contributed by atoms with van der Waals surface area (Å²) in [6.45, 7) is 14.2. The van der Waals surface area contributed by atoms with Crippen LogP contribution in [0.2, 0.25) is 0 Å². The number of anilines is 2. The van der Waals surface area contributed by atoms with Crippen molar-refractivity contribution in [3.05, 3.63) is 101 Å². The van der Waals surface area contributed by atoms with E-state index < -0.39 is 28.8 Å². The monoisotopic (exact) mass is 560 g/mol. The third-order valence-electron chi connectivity index (χ3n) is 9.30. The second kappa shape index (κ2) is 9.79. The fraction of sp³-hybridized carbons (Fsp3) is 0.378. The lowest BCUT2D eigenvalue weighted by Crippen LogP contribution is -2.51. The minimum Gasteiger partial charge on any atom is -0.352 e. The SMILES string of the molecule is CC1=C[C@H]2N(c3ccc(C)cc31)[C@H](C(=O)C(C)(C)C)[C@H](C(=O)c1ccc(CC(C)C)cc1)[C@]21C(=O)Nc2ccccc21. The molecule has 3 aliphatic rings. The third kappa shape index (κ3) is 4.08. The van der Waals surface area contributed by atoms with Crippen molar-refractivity contribution >= 4 is 34.4 Å². The number of benzene rings is 3. The number of carbonyl (C=O) groups excluding carboxylic acids is 3. The maximum absolute atomic E-state index is 15.0. The minimum atomic E-state index is -1.28. The maximum atomic E-state index is 15.0. The van der Waals surface area contributed by atoms with Gasteiger partial charge in [-0.3, -0.25) is 14.4 Å². The molecule has 5 heteroatoms. The summed E-state index contributed by atoms with van der Waals surface area (Å²) in [5.74, 6) is -0.875. The fourth-order valence-corrected chi connectivity index (χ4v) is 7.45. The Morgan fingerprint density at radius 2 is 1.67 bits per heavy atom. The number of fused-ring (bicyclic) bond motifs is 6. The van der Waals surface area contributed by atoms with Crippen LogP contribution < -0.4 is 10.2 Å². The highest BCUT2D eigenvalue weighted by Gasteiger charge is 2.71. The van der Waals surface area contributed by atoms with Gasteiger partial charge in [-0.25, -0.2) is 0 Å². The van der Waals surface area contributed by atoms with Gasteiger partial charge < -0.3 is 10.2 Å². The number of nitrogens with one attached hydrogen (secondary N) is 1. The highest BCUT2D eigenvalue weighted by molar-refractivity contribution is 6.17. The first-order chi connectivity index (χ1) is 19.9. The van der Waals surface area contributed by atoms with Crippen LogP contribution in [-0.4, -0.2) is 29.6 Å². The molecular formula is C37H40N2O3. The van der Waals surface area contributed by atoms with Crippen molar-refractivity contribution in [2.24, 2.45) is 17.3 Å². The van der Waals surface area contributed by atoms with Gasteiger partial charge in [-0.15, -0.1) is 0 Å². The molecule has 1 fully saturated rings. The Kier molecular flexibility index (Phi) is 6.56. The molecule has 4 atom stereocenters. The quantitative estimate of drug-likeness (QED) is 0.336. The molecule has 1 amide bonds. The van der Waals surface area contributed by atoms with Crippen LogP contribution in [0.1, 0.15) is 74.2 Å². The Balaban J connectivity index is 1.64. The first-order valence-corrected chi connectivity index (χ1v) is 15.0. The summed E-state index contributed by atoms with van der Waals surface area (Å²) in [5, 5.41) is 3.12. The van der Waals surface area contributed by atoms with Crippen molar-refractivity contribution in [2.75, 3.05) is 10.2 Å². The largest absolute Gasteiger partial charge is 0.352 e. The number of carbonyl (C=O) groups is 3. The Morgan fingerprint density at radius 1 is 0.976 bits per heavy atom. The Labute approximate surface area is 249 Å². The predicted octanol–water partition coefficient (Wildman–Crippen LogP) is 7.17. The lowest BCUT2D eigenvalue weighted by Gasteiger charge is -2.40. The molecule has 6 rings (SSSR count). The van der Waals surface area contributed by atoms with Crippen molar-refractivity contribution < 1.29 is 14.4 Å². The van der Waals surface area contributed by atoms with Crippen molar-refractivity contribution in [2.45, 2.75) is 72.4 Å². The normalized spacial score (nSPS) is 24.3. The van der Waals surface area contributed by atoms with Crippen molar-refractivity contribution in [3.63, 3.8) is 0 Å². The van der Waals surface area contributed by atoms with E-state index in [0.717, 1.165) is 39.9 Å². The number of hydrogen-bond donors (Lipinski definition) is 1. The fourth-order valence-electron chi connectivity index (χ4n) is 7.45. The molecule has 3 aromatic rings. The molecule has 3 aromatic carbocycles. The summed E-state index contributed by atoms with van der Waals surface area (Å²) in [7, 11) is 0. The number of amides is 1. The van der Waals surface area contributed by atoms with E-state index in [1.807, 2.05) is 75.4 Å². The molecule has 216 valence electrons. The smallest absolute Gasteiger partial charge is 0.238 e. The number of Topliss-reactive ketones (excluding diaryl/α,β-unsaturated/α-hetero) is 2. The zero-order chi connectivity index (χ0) is 30.1. The molecule has 1 spiro atoms. The van der Waals surface area contributed by atoms with Crippen LogP contribution in [0.4, 0.5) is 11.4 Å². The van der Waals surface area contributed by atoms with E-state index >= 15 is 0 Å². The second-order valence-corrected chi connectivity index (χ2v) is 13.8. The summed E-state index contributed by atoms with van der Waals surface area (Å²) in [4.78, 5) is 46.2. The van der Waals surface area contributed by atoms with Gasteiger partial charge in [0.2, 0.25) is 5.91 Å². The number of rotatable bonds is 5. The average molecular weight is 561 g/mol. The molecule has 0 unspecified atom stereocenters. The molecular weight excluding hydrogens is 520 g/mol. The minimum absolute atomic E-state index is 0.0455. The summed E-state index contributed by atoms with van der Waals surface area (Å²) < 4.78 is 0. The number of hydrogen-bond acceptors (Lipinski definition) is 4. The van der Waals surface area contributed by atoms with Crippen molar-refractivity contribution in [3.8, 4) is 0 Å². The van der Waals surface area contributed by atoms with E-state index in [0.29, 0.717) is 17.2 Å². The zero-order valence-electron chi connectivity index (χ0n) is 25.6. The van der Waals surface area contributed by atoms with Crippen LogP contribution in [0.5, 0.6) is 0 Å². The Bertz CT molecular complexity index is 1640. The van der Waals surface area contributed by atoms with Gasteiger partial charge >= 0.3 is 0 Å². The lowest BCUT2D eigenvalue weighted by atomic mass is 9.63. The Hall–Kier alpha value is -3.99. The number of para-hydroxylation sites is 1. The standard InChI is InChI=1S/C37H40N2O3/c1-21(2)18-24-13-15-25(16-14-24)33(40)31-32(34(41)36(5,6)7)39-29-17-12-22(3)19-26(29)23(4)20-30(39)37(31)27-10-8-9-11-28(27)38-35(37)42/h8-17,19-21,30-32H,18H2,1-7H3,(H,38,42)/t30-,31-,32+,37-/m1/s1. The van der Waals surface area contributed by atoms with Gasteiger partial charge in [-0.05, 0) is 61.1 Å². The maximum Gasteiger partial charge on any atom is 0.238 e. The predicted molar refractivity (Wildman–Crippen MR) is 169 cm³/mol. The summed E-state index contributed by atoms with van der Waals surface area (Å²) >= 11 is 0. The Morgan fingerprint density at radius 3 is 2.33 bits per heavy atom. The molecule has 3 aliphatic heterocycles. The van der Waals surface area contributed by atoms with Gasteiger partial charge in [-0.1, -0.05) is 94.8 Å². The van der Waals surface area contributed by atoms with Gasteiger partial charge in [0.25, 0.3) is 0 Å². The van der Waals surface area contributed by atoms with Gasteiger partial charge in [0.1, 0.15) is 11.5 Å². The molecule has 5 nitrogen and oxygen atoms in total. The summed E-state index contributed by atoms with van der Waals surface area (Å²) in [6.07, 6.45) is 3.03. The average Bonchev–Trinajstić information content (AvgIpc) is 3.40. The summed E-state index contributed by atoms with van der Waals surface area (Å²) in [5.41, 5.74) is 5.24. The molecule has 3 heterocycles. The molecule has 0 aromatic heterocycles. The van der Waals surface area contributed by atoms with Gasteiger partial charge in [0, 0.05) is 27.9 Å². The van der Waals surface area contributed by atoms with Crippen molar-refractivity contribution in [1.29, 1.82) is 0 Å². The first-order valence-electron chi connectivity index (χ1n) is 15.0. The van der Waals surface area contributed by atoms with Crippen LogP contribution in [0.15, 0.2) is 72.8 Å². The van der Waals surface area contributed by atoms with Crippen molar-refractivity contribution in [1.82, 2.24) is 0 Å². The number of aryl methyl sites for hydroxylation is 1. The van der Waals surface area contributed by atoms with E-state index in [2.05, 4.69) is 56.1 Å². The van der Waals surface area contributed by atoms with Gasteiger partial charge in [-0.2, -0.15) is 0 Å². The van der Waals surface area contributed by atoms with Crippen LogP contribution in [0.3, 0.4) is 0 Å². The van der Waals surface area contributed by atoms with Crippen LogP contribution >= 0.6 is 0 Å². The van der Waals surface area contributed by atoms with E-state index in [1.165, 1.54) is 0 Å². The second-order valence-electron chi connectivity index (χ2n) is 13.8. The van der Waals surface area contributed by atoms with Gasteiger partial charge in [0.15, 0.2) is 11.6 Å². The molecule has 0 saturated carbocycles. The van der Waals surface area contributed by atoms with Crippen LogP contribution in [0, 0.1) is 24.2 Å². The molecule has 0 radical (unpaired) electrons. The van der Waals surface area contributed by atoms with E-state index in [4.69, 9.17) is 0 Å². The molecule has 1 saturated heterocycles. The molecule has 42 heavy (non-hydrogen) atoms. The number of nitrogens with zero attached hydrogens (tertiary/aromatic N) is 1. The number of ketones is 2. The van der Waals surface area contributed by atoms with Crippen LogP contribution in [0.25, 0.3) is 5.57 Å². The molecule has 0 aliphatic carbocycles.